The summed E-state index contributed by atoms with van der Waals surface area (Å²) in [5, 5.41) is 12.1. The number of carbonyl (C=O) groups excluding carboxylic acids is 1. The first-order valence-electron chi connectivity index (χ1n) is 11.7. The SMILES string of the molecule is CCOC(=O)C1=C(C)N=c2s/c(=C\c3ccc(Cl)cc3)c(=O)n2[C@@H]1c1ccc(-c2cc([N+](=O)[O-])ccc2Cl)o1. The van der Waals surface area contributed by atoms with Gasteiger partial charge in [0.25, 0.3) is 11.2 Å². The van der Waals surface area contributed by atoms with Crippen molar-refractivity contribution < 1.29 is 18.9 Å². The molecule has 2 aromatic heterocycles. The van der Waals surface area contributed by atoms with E-state index in [1.54, 1.807) is 56.3 Å². The van der Waals surface area contributed by atoms with Gasteiger partial charge in [-0.05, 0) is 55.8 Å². The zero-order valence-corrected chi connectivity index (χ0v) is 22.8. The van der Waals surface area contributed by atoms with Gasteiger partial charge < -0.3 is 9.15 Å². The fraction of sp³-hybridized carbons (Fsp3) is 0.148. The maximum absolute atomic E-state index is 13.7. The number of hydrogen-bond acceptors (Lipinski definition) is 8. The van der Waals surface area contributed by atoms with Crippen LogP contribution in [0.5, 0.6) is 0 Å². The Bertz CT molecular complexity index is 1840. The smallest absolute Gasteiger partial charge is 0.338 e. The molecule has 1 atom stereocenters. The summed E-state index contributed by atoms with van der Waals surface area (Å²) in [6, 6.07) is 13.2. The Hall–Kier alpha value is -3.99. The Labute approximate surface area is 235 Å². The highest BCUT2D eigenvalue weighted by Gasteiger charge is 2.35. The molecule has 0 radical (unpaired) electrons. The van der Waals surface area contributed by atoms with Gasteiger partial charge in [-0.3, -0.25) is 19.5 Å². The van der Waals surface area contributed by atoms with Gasteiger partial charge in [-0.1, -0.05) is 46.7 Å². The number of aromatic nitrogens is 1. The maximum atomic E-state index is 13.7. The molecule has 0 amide bonds. The number of thiazole rings is 1. The van der Waals surface area contributed by atoms with Crippen LogP contribution in [0.15, 0.2) is 80.1 Å². The molecule has 1 aliphatic rings. The van der Waals surface area contributed by atoms with Gasteiger partial charge in [0, 0.05) is 22.7 Å². The molecule has 5 rings (SSSR count). The lowest BCUT2D eigenvalue weighted by Gasteiger charge is -2.22. The van der Waals surface area contributed by atoms with Gasteiger partial charge in [0.05, 0.1) is 32.4 Å². The molecular weight excluding hydrogens is 565 g/mol. The van der Waals surface area contributed by atoms with Gasteiger partial charge in [-0.2, -0.15) is 0 Å². The number of non-ortho nitro benzene ring substituents is 1. The number of carbonyl (C=O) groups is 1. The summed E-state index contributed by atoms with van der Waals surface area (Å²) < 4.78 is 13.2. The van der Waals surface area contributed by atoms with Gasteiger partial charge in [0.1, 0.15) is 17.6 Å². The molecule has 0 fully saturated rings. The highest BCUT2D eigenvalue weighted by molar-refractivity contribution is 7.07. The molecule has 4 aromatic rings. The van der Waals surface area contributed by atoms with Crippen LogP contribution < -0.4 is 14.9 Å². The van der Waals surface area contributed by atoms with E-state index >= 15 is 0 Å². The number of nitro benzene ring substituents is 1. The van der Waals surface area contributed by atoms with E-state index in [9.17, 15) is 19.7 Å². The van der Waals surface area contributed by atoms with Crippen molar-refractivity contribution in [1.82, 2.24) is 4.57 Å². The minimum atomic E-state index is -0.987. The van der Waals surface area contributed by atoms with E-state index in [-0.39, 0.29) is 40.0 Å². The van der Waals surface area contributed by atoms with Gasteiger partial charge in [-0.25, -0.2) is 9.79 Å². The number of ether oxygens (including phenoxy) is 1. The average molecular weight is 584 g/mol. The fourth-order valence-corrected chi connectivity index (χ4v) is 5.61. The second kappa shape index (κ2) is 10.6. The van der Waals surface area contributed by atoms with Crippen molar-refractivity contribution in [2.75, 3.05) is 6.61 Å². The van der Waals surface area contributed by atoms with Crippen molar-refractivity contribution in [2.24, 2.45) is 4.99 Å². The lowest BCUT2D eigenvalue weighted by molar-refractivity contribution is -0.384. The number of nitro groups is 1. The van der Waals surface area contributed by atoms with E-state index in [0.717, 1.165) is 5.56 Å². The van der Waals surface area contributed by atoms with Crippen LogP contribution in [0.1, 0.15) is 31.2 Å². The van der Waals surface area contributed by atoms with Gasteiger partial charge in [0.2, 0.25) is 0 Å². The number of furan rings is 1. The normalized spacial score (nSPS) is 15.2. The largest absolute Gasteiger partial charge is 0.463 e. The number of hydrogen-bond donors (Lipinski definition) is 0. The van der Waals surface area contributed by atoms with Gasteiger partial charge in [-0.15, -0.1) is 0 Å². The first kappa shape index (κ1) is 26.6. The van der Waals surface area contributed by atoms with Crippen molar-refractivity contribution in [2.45, 2.75) is 19.9 Å². The Kier molecular flexibility index (Phi) is 7.26. The molecule has 12 heteroatoms. The van der Waals surface area contributed by atoms with E-state index in [4.69, 9.17) is 32.4 Å². The third kappa shape index (κ3) is 5.06. The molecule has 9 nitrogen and oxygen atoms in total. The summed E-state index contributed by atoms with van der Waals surface area (Å²) in [6.45, 7) is 3.46. The Morgan fingerprint density at radius 3 is 2.64 bits per heavy atom. The number of fused-ring (bicyclic) bond motifs is 1. The highest BCUT2D eigenvalue weighted by Crippen LogP contribution is 2.37. The molecule has 0 aliphatic carbocycles. The standard InChI is InChI=1S/C27H19Cl2N3O6S/c1-3-37-26(34)23-14(2)30-27-31(25(33)22(39-27)12-15-4-6-16(28)7-5-15)24(23)21-11-10-20(38-21)18-13-17(32(35)36)8-9-19(18)29/h4-13,24H,3H2,1-2H3/b22-12-/t24-/m1/s1. The highest BCUT2D eigenvalue weighted by atomic mass is 35.5. The molecule has 0 spiro atoms. The molecule has 0 N–H and O–H groups in total. The monoisotopic (exact) mass is 583 g/mol. The van der Waals surface area contributed by atoms with Crippen LogP contribution in [0.4, 0.5) is 5.69 Å². The molecule has 2 aromatic carbocycles. The second-order valence-electron chi connectivity index (χ2n) is 8.48. The van der Waals surface area contributed by atoms with Crippen LogP contribution >= 0.6 is 34.5 Å². The summed E-state index contributed by atoms with van der Waals surface area (Å²) >= 11 is 13.5. The van der Waals surface area contributed by atoms with Crippen LogP contribution in [0.3, 0.4) is 0 Å². The number of allylic oxidation sites excluding steroid dienone is 1. The Balaban J connectivity index is 1.69. The van der Waals surface area contributed by atoms with Crippen molar-refractivity contribution in [3.63, 3.8) is 0 Å². The number of nitrogens with zero attached hydrogens (tertiary/aromatic N) is 3. The lowest BCUT2D eigenvalue weighted by Crippen LogP contribution is -2.39. The fourth-order valence-electron chi connectivity index (χ4n) is 4.23. The van der Waals surface area contributed by atoms with Gasteiger partial charge >= 0.3 is 5.97 Å². The van der Waals surface area contributed by atoms with E-state index in [2.05, 4.69) is 4.99 Å². The zero-order chi connectivity index (χ0) is 27.8. The summed E-state index contributed by atoms with van der Waals surface area (Å²) in [4.78, 5) is 42.5. The third-order valence-electron chi connectivity index (χ3n) is 6.01. The third-order valence-corrected chi connectivity index (χ3v) is 7.57. The zero-order valence-electron chi connectivity index (χ0n) is 20.5. The van der Waals surface area contributed by atoms with Crippen LogP contribution in [0.2, 0.25) is 10.0 Å². The van der Waals surface area contributed by atoms with Crippen LogP contribution in [-0.2, 0) is 9.53 Å². The molecule has 1 aliphatic heterocycles. The Morgan fingerprint density at radius 2 is 1.95 bits per heavy atom. The predicted octanol–water partition coefficient (Wildman–Crippen LogP) is 5.27. The summed E-state index contributed by atoms with van der Waals surface area (Å²) in [7, 11) is 0. The van der Waals surface area contributed by atoms with Crippen LogP contribution in [0, 0.1) is 10.1 Å². The molecule has 39 heavy (non-hydrogen) atoms. The van der Waals surface area contributed by atoms with Crippen molar-refractivity contribution in [3.05, 3.63) is 117 Å². The molecule has 0 saturated heterocycles. The predicted molar refractivity (Wildman–Crippen MR) is 148 cm³/mol. The first-order chi connectivity index (χ1) is 18.7. The molecule has 0 unspecified atom stereocenters. The van der Waals surface area contributed by atoms with Gasteiger partial charge in [0.15, 0.2) is 4.80 Å². The minimum absolute atomic E-state index is 0.121. The van der Waals surface area contributed by atoms with E-state index in [1.807, 2.05) is 0 Å². The maximum Gasteiger partial charge on any atom is 0.338 e. The average Bonchev–Trinajstić information content (AvgIpc) is 3.50. The molecule has 3 heterocycles. The van der Waals surface area contributed by atoms with Crippen molar-refractivity contribution in [1.29, 1.82) is 0 Å². The Morgan fingerprint density at radius 1 is 1.21 bits per heavy atom. The number of halogens is 2. The number of esters is 1. The summed E-state index contributed by atoms with van der Waals surface area (Å²) in [6.07, 6.45) is 1.72. The molecular formula is C27H19Cl2N3O6S. The van der Waals surface area contributed by atoms with E-state index < -0.39 is 16.9 Å². The molecule has 198 valence electrons. The first-order valence-corrected chi connectivity index (χ1v) is 13.2. The second-order valence-corrected chi connectivity index (χ2v) is 10.3. The van der Waals surface area contributed by atoms with Crippen molar-refractivity contribution >= 4 is 52.3 Å². The van der Waals surface area contributed by atoms with Crippen LogP contribution in [0.25, 0.3) is 17.4 Å². The summed E-state index contributed by atoms with van der Waals surface area (Å²) in [5.41, 5.74) is 1.05. The molecule has 0 bridgehead atoms. The quantitative estimate of drug-likeness (QED) is 0.173. The topological polar surface area (TPSA) is 117 Å². The molecule has 0 saturated carbocycles. The van der Waals surface area contributed by atoms with Crippen molar-refractivity contribution in [3.8, 4) is 11.3 Å². The number of benzene rings is 2. The number of rotatable bonds is 6. The van der Waals surface area contributed by atoms with E-state index in [0.29, 0.717) is 25.6 Å². The summed E-state index contributed by atoms with van der Waals surface area (Å²) in [5.74, 6) is -0.161. The van der Waals surface area contributed by atoms with E-state index in [1.165, 1.54) is 34.1 Å². The minimum Gasteiger partial charge on any atom is -0.463 e. The lowest BCUT2D eigenvalue weighted by atomic mass is 10.0. The van der Waals surface area contributed by atoms with Crippen LogP contribution in [-0.4, -0.2) is 22.1 Å².